The minimum Gasteiger partial charge on any atom is -0.205 e. The minimum absolute atomic E-state index is 1.12. The fourth-order valence-corrected chi connectivity index (χ4v) is 5.94. The maximum absolute atomic E-state index is 2.50. The van der Waals surface area contributed by atoms with Crippen LogP contribution in [-0.4, -0.2) is 0 Å². The van der Waals surface area contributed by atoms with Crippen LogP contribution in [0.3, 0.4) is 0 Å². The summed E-state index contributed by atoms with van der Waals surface area (Å²) >= 11 is 0. The monoisotopic (exact) mass is 535 g/mol. The molecule has 0 N–H and O–H groups in total. The average molecular weight is 535 g/mol. The molecular weight excluding hydrogens is 470 g/mol. The van der Waals surface area contributed by atoms with E-state index in [2.05, 4.69) is 67.2 Å². The number of hydrogen-bond donors (Lipinski definition) is 0. The molecule has 2 aromatic rings. The van der Waals surface area contributed by atoms with Gasteiger partial charge in [0.05, 0.1) is 0 Å². The Hall–Kier alpha value is -1.63. The van der Waals surface area contributed by atoms with Crippen LogP contribution in [-0.2, 0) is 25.8 Å². The minimum atomic E-state index is 1.12. The molecule has 1 heterocycles. The lowest BCUT2D eigenvalue weighted by Gasteiger charge is -2.10. The molecule has 0 aliphatic carbocycles. The van der Waals surface area contributed by atoms with Gasteiger partial charge in [-0.05, 0) is 43.2 Å². The van der Waals surface area contributed by atoms with Gasteiger partial charge >= 0.3 is 0 Å². The lowest BCUT2D eigenvalue weighted by Crippen LogP contribution is -2.34. The molecular formula is C38H64N+. The molecule has 0 spiro atoms. The molecule has 1 nitrogen and oxygen atoms in total. The highest BCUT2D eigenvalue weighted by atomic mass is 14.9. The highest BCUT2D eigenvalue weighted by Gasteiger charge is 2.10. The maximum atomic E-state index is 2.50. The number of benzene rings is 1. The summed E-state index contributed by atoms with van der Waals surface area (Å²) in [4.78, 5) is 0. The van der Waals surface area contributed by atoms with E-state index in [0.29, 0.717) is 0 Å². The molecule has 0 aliphatic heterocycles. The van der Waals surface area contributed by atoms with Crippen LogP contribution in [0.2, 0.25) is 0 Å². The zero-order valence-corrected chi connectivity index (χ0v) is 26.2. The zero-order valence-electron chi connectivity index (χ0n) is 26.2. The zero-order chi connectivity index (χ0) is 27.6. The standard InChI is InChI=1S/C38H64N/c1-3-5-7-9-11-13-15-17-19-24-30-37-32-34-39(33-26-29-36-27-22-21-23-28-36)35-38(37)31-25-20-18-16-14-12-10-8-6-4-2/h21-23,27-28,32,34-35H,3-20,24-26,29-31,33H2,1-2H3/q+1. The lowest BCUT2D eigenvalue weighted by atomic mass is 9.97. The van der Waals surface area contributed by atoms with Crippen LogP contribution >= 0.6 is 0 Å². The molecule has 0 amide bonds. The van der Waals surface area contributed by atoms with Crippen molar-refractivity contribution in [3.8, 4) is 0 Å². The second kappa shape index (κ2) is 24.2. The molecule has 1 heteroatoms. The van der Waals surface area contributed by atoms with Crippen LogP contribution < -0.4 is 4.57 Å². The van der Waals surface area contributed by atoms with Gasteiger partial charge in [-0.1, -0.05) is 160 Å². The average Bonchev–Trinajstić information content (AvgIpc) is 2.96. The van der Waals surface area contributed by atoms with Gasteiger partial charge in [0.15, 0.2) is 12.4 Å². The second-order valence-corrected chi connectivity index (χ2v) is 12.2. The largest absolute Gasteiger partial charge is 0.205 e. The normalized spacial score (nSPS) is 11.3. The Labute approximate surface area is 244 Å². The Bertz CT molecular complexity index is 796. The molecule has 0 radical (unpaired) electrons. The Morgan fingerprint density at radius 1 is 0.436 bits per heavy atom. The summed E-state index contributed by atoms with van der Waals surface area (Å²) in [6.45, 7) is 5.74. The summed E-state index contributed by atoms with van der Waals surface area (Å²) in [5.41, 5.74) is 4.72. The van der Waals surface area contributed by atoms with Crippen LogP contribution in [0.4, 0.5) is 0 Å². The lowest BCUT2D eigenvalue weighted by molar-refractivity contribution is -0.697. The molecule has 0 fully saturated rings. The van der Waals surface area contributed by atoms with Crippen molar-refractivity contribution in [3.05, 3.63) is 65.5 Å². The van der Waals surface area contributed by atoms with Crippen LogP contribution in [0.1, 0.15) is 165 Å². The highest BCUT2D eigenvalue weighted by Crippen LogP contribution is 2.18. The fourth-order valence-electron chi connectivity index (χ4n) is 5.94. The third-order valence-electron chi connectivity index (χ3n) is 8.53. The van der Waals surface area contributed by atoms with Crippen LogP contribution in [0.5, 0.6) is 0 Å². The molecule has 2 rings (SSSR count). The molecule has 0 bridgehead atoms. The molecule has 0 unspecified atom stereocenters. The predicted octanol–water partition coefficient (Wildman–Crippen LogP) is 11.5. The predicted molar refractivity (Wildman–Crippen MR) is 172 cm³/mol. The Balaban J connectivity index is 1.72. The van der Waals surface area contributed by atoms with Crippen molar-refractivity contribution in [1.82, 2.24) is 0 Å². The Kier molecular flexibility index (Phi) is 20.8. The summed E-state index contributed by atoms with van der Waals surface area (Å²) in [7, 11) is 0. The van der Waals surface area contributed by atoms with E-state index in [0.717, 1.165) is 6.54 Å². The topological polar surface area (TPSA) is 3.88 Å². The summed E-state index contributed by atoms with van der Waals surface area (Å²) in [6.07, 6.45) is 38.2. The number of hydrogen-bond acceptors (Lipinski definition) is 0. The van der Waals surface area contributed by atoms with Crippen molar-refractivity contribution in [1.29, 1.82) is 0 Å². The molecule has 1 aromatic carbocycles. The SMILES string of the molecule is CCCCCCCCCCCCc1cc[n+](CCCc2ccccc2)cc1CCCCCCCCCCCC. The molecule has 39 heavy (non-hydrogen) atoms. The van der Waals surface area contributed by atoms with Crippen molar-refractivity contribution < 1.29 is 4.57 Å². The van der Waals surface area contributed by atoms with E-state index in [4.69, 9.17) is 0 Å². The third-order valence-corrected chi connectivity index (χ3v) is 8.53. The molecule has 0 atom stereocenters. The number of rotatable bonds is 26. The van der Waals surface area contributed by atoms with Crippen LogP contribution in [0.15, 0.2) is 48.8 Å². The first-order chi connectivity index (χ1) is 19.3. The smallest absolute Gasteiger partial charge is 0.172 e. The van der Waals surface area contributed by atoms with Gasteiger partial charge in [-0.15, -0.1) is 0 Å². The van der Waals surface area contributed by atoms with Gasteiger partial charge in [0.25, 0.3) is 0 Å². The molecule has 220 valence electrons. The molecule has 0 saturated carbocycles. The first kappa shape index (κ1) is 33.6. The van der Waals surface area contributed by atoms with Gasteiger partial charge in [-0.2, -0.15) is 0 Å². The fraction of sp³-hybridized carbons (Fsp3) is 0.711. The van der Waals surface area contributed by atoms with Crippen molar-refractivity contribution in [2.24, 2.45) is 0 Å². The molecule has 0 saturated heterocycles. The van der Waals surface area contributed by atoms with Gasteiger partial charge in [-0.3, -0.25) is 0 Å². The highest BCUT2D eigenvalue weighted by molar-refractivity contribution is 5.21. The van der Waals surface area contributed by atoms with E-state index in [1.165, 1.54) is 160 Å². The number of aryl methyl sites for hydroxylation is 4. The van der Waals surface area contributed by atoms with E-state index in [1.807, 2.05) is 0 Å². The van der Waals surface area contributed by atoms with Crippen LogP contribution in [0, 0.1) is 0 Å². The van der Waals surface area contributed by atoms with Crippen molar-refractivity contribution in [2.45, 2.75) is 174 Å². The quantitative estimate of drug-likeness (QED) is 0.0834. The summed E-state index contributed by atoms with van der Waals surface area (Å²) in [5.74, 6) is 0. The first-order valence-electron chi connectivity index (χ1n) is 17.4. The van der Waals surface area contributed by atoms with E-state index < -0.39 is 0 Å². The number of aromatic nitrogens is 1. The molecule has 0 aliphatic rings. The number of nitrogens with zero attached hydrogens (tertiary/aromatic N) is 1. The first-order valence-corrected chi connectivity index (χ1v) is 17.4. The Morgan fingerprint density at radius 3 is 1.41 bits per heavy atom. The summed E-state index contributed by atoms with van der Waals surface area (Å²) in [6, 6.07) is 13.4. The number of pyridine rings is 1. The van der Waals surface area contributed by atoms with E-state index in [1.54, 1.807) is 11.1 Å². The second-order valence-electron chi connectivity index (χ2n) is 12.2. The maximum Gasteiger partial charge on any atom is 0.172 e. The van der Waals surface area contributed by atoms with Crippen LogP contribution in [0.25, 0.3) is 0 Å². The van der Waals surface area contributed by atoms with Crippen molar-refractivity contribution >= 4 is 0 Å². The van der Waals surface area contributed by atoms with E-state index in [9.17, 15) is 0 Å². The third kappa shape index (κ3) is 17.6. The van der Waals surface area contributed by atoms with Crippen molar-refractivity contribution in [2.75, 3.05) is 0 Å². The summed E-state index contributed by atoms with van der Waals surface area (Å²) < 4.78 is 2.47. The van der Waals surface area contributed by atoms with Gasteiger partial charge in [0, 0.05) is 18.1 Å². The van der Waals surface area contributed by atoms with Gasteiger partial charge < -0.3 is 0 Å². The molecule has 1 aromatic heterocycles. The van der Waals surface area contributed by atoms with Gasteiger partial charge in [0.1, 0.15) is 6.54 Å². The van der Waals surface area contributed by atoms with E-state index >= 15 is 0 Å². The number of unbranched alkanes of at least 4 members (excludes halogenated alkanes) is 18. The van der Waals surface area contributed by atoms with Crippen molar-refractivity contribution in [3.63, 3.8) is 0 Å². The Morgan fingerprint density at radius 2 is 0.897 bits per heavy atom. The van der Waals surface area contributed by atoms with Gasteiger partial charge in [-0.25, -0.2) is 4.57 Å². The van der Waals surface area contributed by atoms with E-state index in [-0.39, 0.29) is 0 Å². The summed E-state index contributed by atoms with van der Waals surface area (Å²) in [5, 5.41) is 0. The van der Waals surface area contributed by atoms with Gasteiger partial charge in [0.2, 0.25) is 0 Å².